The number of rotatable bonds is 4. The van der Waals surface area contributed by atoms with Crippen LogP contribution in [0.15, 0.2) is 29.3 Å². The molecule has 0 aliphatic carbocycles. The van der Waals surface area contributed by atoms with Gasteiger partial charge in [-0.05, 0) is 38.5 Å². The van der Waals surface area contributed by atoms with Gasteiger partial charge in [-0.1, -0.05) is 17.7 Å². The molecule has 0 amide bonds. The van der Waals surface area contributed by atoms with Gasteiger partial charge in [0.15, 0.2) is 5.78 Å². The fraction of sp³-hybridized carbons (Fsp3) is 0.263. The molecule has 0 unspecified atom stereocenters. The Bertz CT molecular complexity index is 942. The van der Waals surface area contributed by atoms with Crippen LogP contribution in [0.5, 0.6) is 0 Å². The highest BCUT2D eigenvalue weighted by molar-refractivity contribution is 7.11. The van der Waals surface area contributed by atoms with Gasteiger partial charge in [0.2, 0.25) is 0 Å². The maximum Gasteiger partial charge on any atom is 0.349 e. The summed E-state index contributed by atoms with van der Waals surface area (Å²) in [6, 6.07) is 7.42. The predicted octanol–water partition coefficient (Wildman–Crippen LogP) is 3.37. The highest BCUT2D eigenvalue weighted by Gasteiger charge is 2.26. The second kappa shape index (κ2) is 8.05. The summed E-state index contributed by atoms with van der Waals surface area (Å²) in [5.41, 5.74) is 2.36. The fourth-order valence-corrected chi connectivity index (χ4v) is 3.72. The minimum atomic E-state index is -0.705. The van der Waals surface area contributed by atoms with Crippen molar-refractivity contribution in [2.45, 2.75) is 20.8 Å². The molecule has 2 aromatic rings. The molecule has 0 fully saturated rings. The van der Waals surface area contributed by atoms with Crippen LogP contribution in [-0.2, 0) is 9.47 Å². The number of ketones is 1. The van der Waals surface area contributed by atoms with E-state index in [2.05, 4.69) is 4.99 Å². The van der Waals surface area contributed by atoms with Crippen molar-refractivity contribution in [2.75, 3.05) is 14.2 Å². The number of Topliss-reactive ketones (excluding diaryl/α,β-unsaturated/α-hetero) is 1. The third-order valence-corrected chi connectivity index (χ3v) is 4.83. The van der Waals surface area contributed by atoms with Gasteiger partial charge < -0.3 is 9.47 Å². The third-order valence-electron chi connectivity index (χ3n) is 3.77. The van der Waals surface area contributed by atoms with Gasteiger partial charge in [0.1, 0.15) is 9.55 Å². The molecule has 0 bridgehead atoms. The summed E-state index contributed by atoms with van der Waals surface area (Å²) >= 11 is 0.931. The quantitative estimate of drug-likeness (QED) is 0.606. The van der Waals surface area contributed by atoms with Crippen molar-refractivity contribution in [3.63, 3.8) is 0 Å². The molecule has 136 valence electrons. The Morgan fingerprint density at radius 1 is 0.923 bits per heavy atom. The second-order valence-electron chi connectivity index (χ2n) is 5.60. The van der Waals surface area contributed by atoms with Crippen LogP contribution in [0.3, 0.4) is 0 Å². The van der Waals surface area contributed by atoms with Crippen LogP contribution in [0.1, 0.15) is 48.4 Å². The Balaban J connectivity index is 2.89. The van der Waals surface area contributed by atoms with Gasteiger partial charge in [-0.2, -0.15) is 0 Å². The lowest BCUT2D eigenvalue weighted by Crippen LogP contribution is -2.22. The van der Waals surface area contributed by atoms with Crippen LogP contribution in [-0.4, -0.2) is 31.9 Å². The van der Waals surface area contributed by atoms with E-state index in [1.54, 1.807) is 6.92 Å². The molecule has 1 aromatic heterocycles. The van der Waals surface area contributed by atoms with Gasteiger partial charge in [-0.15, -0.1) is 11.3 Å². The van der Waals surface area contributed by atoms with E-state index in [-0.39, 0.29) is 21.8 Å². The van der Waals surface area contributed by atoms with Gasteiger partial charge in [-0.3, -0.25) is 4.79 Å². The van der Waals surface area contributed by atoms with Gasteiger partial charge in [-0.25, -0.2) is 14.6 Å². The van der Waals surface area contributed by atoms with Crippen molar-refractivity contribution < 1.29 is 23.9 Å². The lowest BCUT2D eigenvalue weighted by Gasteiger charge is -2.12. The first-order valence-corrected chi connectivity index (χ1v) is 8.58. The monoisotopic (exact) mass is 373 g/mol. The molecule has 0 saturated heterocycles. The van der Waals surface area contributed by atoms with E-state index in [9.17, 15) is 14.4 Å². The standard InChI is InChI=1S/C19H19NO5S/c1-10-6-8-13(9-7-10)20-17-14(12(3)21)11(2)15(18(22)24-4)16(26-17)19(23)25-5/h6-9H,1-5H3. The summed E-state index contributed by atoms with van der Waals surface area (Å²) in [5, 5.41) is 0. The Kier molecular flexibility index (Phi) is 6.05. The molecule has 2 rings (SSSR count). The SMILES string of the molecule is COC(=O)c1sc(=Nc2ccc(C)cc2)c(C(C)=O)c(C)c1C(=O)OC. The van der Waals surface area contributed by atoms with Gasteiger partial charge >= 0.3 is 11.9 Å². The largest absolute Gasteiger partial charge is 0.465 e. The van der Waals surface area contributed by atoms with Gasteiger partial charge in [0, 0.05) is 0 Å². The molecule has 0 spiro atoms. The molecule has 0 saturated carbocycles. The Hall–Kier alpha value is -2.80. The number of hydrogen-bond donors (Lipinski definition) is 0. The van der Waals surface area contributed by atoms with Crippen LogP contribution in [0.4, 0.5) is 5.69 Å². The van der Waals surface area contributed by atoms with Crippen LogP contribution in [0.2, 0.25) is 0 Å². The summed E-state index contributed by atoms with van der Waals surface area (Å²) in [7, 11) is 2.44. The number of carbonyl (C=O) groups is 3. The Labute approximate surface area is 155 Å². The van der Waals surface area contributed by atoms with Crippen LogP contribution in [0, 0.1) is 13.8 Å². The van der Waals surface area contributed by atoms with Crippen molar-refractivity contribution in [1.29, 1.82) is 0 Å². The predicted molar refractivity (Wildman–Crippen MR) is 98.1 cm³/mol. The number of aryl methyl sites for hydroxylation is 1. The lowest BCUT2D eigenvalue weighted by atomic mass is 10.0. The second-order valence-corrected chi connectivity index (χ2v) is 6.60. The number of benzene rings is 1. The third kappa shape index (κ3) is 3.88. The zero-order valence-electron chi connectivity index (χ0n) is 15.2. The summed E-state index contributed by atoms with van der Waals surface area (Å²) in [4.78, 5) is 41.2. The molecule has 0 aliphatic rings. The van der Waals surface area contributed by atoms with E-state index >= 15 is 0 Å². The molecular formula is C19H19NO5S. The highest BCUT2D eigenvalue weighted by atomic mass is 32.1. The summed E-state index contributed by atoms with van der Waals surface area (Å²) in [6.07, 6.45) is 0. The normalized spacial score (nSPS) is 11.2. The molecular weight excluding hydrogens is 354 g/mol. The van der Waals surface area contributed by atoms with Crippen molar-refractivity contribution in [3.8, 4) is 0 Å². The van der Waals surface area contributed by atoms with Crippen LogP contribution >= 0.6 is 11.3 Å². The average Bonchev–Trinajstić information content (AvgIpc) is 2.61. The van der Waals surface area contributed by atoms with E-state index in [4.69, 9.17) is 9.47 Å². The molecule has 1 heterocycles. The minimum Gasteiger partial charge on any atom is -0.465 e. The number of nitrogens with zero attached hydrogens (tertiary/aromatic N) is 1. The fourth-order valence-electron chi connectivity index (χ4n) is 2.47. The zero-order chi connectivity index (χ0) is 19.4. The first-order chi connectivity index (χ1) is 12.3. The molecule has 0 atom stereocenters. The van der Waals surface area contributed by atoms with E-state index < -0.39 is 11.9 Å². The lowest BCUT2D eigenvalue weighted by molar-refractivity contribution is 0.0558. The molecule has 6 nitrogen and oxygen atoms in total. The Morgan fingerprint density at radius 3 is 2.00 bits per heavy atom. The first kappa shape index (κ1) is 19.5. The topological polar surface area (TPSA) is 82.0 Å². The Morgan fingerprint density at radius 2 is 1.50 bits per heavy atom. The summed E-state index contributed by atoms with van der Waals surface area (Å²) in [5.74, 6) is -1.65. The van der Waals surface area contributed by atoms with Crippen LogP contribution in [0.25, 0.3) is 0 Å². The van der Waals surface area contributed by atoms with Gasteiger partial charge in [0.05, 0.1) is 31.0 Å². The number of esters is 2. The molecule has 1 aromatic carbocycles. The average molecular weight is 373 g/mol. The molecule has 0 radical (unpaired) electrons. The molecule has 0 N–H and O–H groups in total. The maximum absolute atomic E-state index is 12.2. The van der Waals surface area contributed by atoms with E-state index in [1.807, 2.05) is 31.2 Å². The number of carbonyl (C=O) groups excluding carboxylic acids is 3. The molecule has 26 heavy (non-hydrogen) atoms. The van der Waals surface area contributed by atoms with Crippen LogP contribution < -0.4 is 4.67 Å². The highest BCUT2D eigenvalue weighted by Crippen LogP contribution is 2.23. The molecule has 7 heteroatoms. The van der Waals surface area contributed by atoms with Gasteiger partial charge in [0.25, 0.3) is 0 Å². The maximum atomic E-state index is 12.2. The number of methoxy groups -OCH3 is 2. The minimum absolute atomic E-state index is 0.0254. The summed E-state index contributed by atoms with van der Waals surface area (Å²) in [6.45, 7) is 4.94. The number of ether oxygens (including phenoxy) is 2. The van der Waals surface area contributed by atoms with E-state index in [1.165, 1.54) is 21.1 Å². The zero-order valence-corrected chi connectivity index (χ0v) is 16.0. The smallest absolute Gasteiger partial charge is 0.349 e. The van der Waals surface area contributed by atoms with E-state index in [0.717, 1.165) is 16.9 Å². The number of hydrogen-bond acceptors (Lipinski definition) is 7. The van der Waals surface area contributed by atoms with Crippen molar-refractivity contribution >= 4 is 34.7 Å². The van der Waals surface area contributed by atoms with Crippen molar-refractivity contribution in [2.24, 2.45) is 4.99 Å². The first-order valence-electron chi connectivity index (χ1n) is 7.76. The summed E-state index contributed by atoms with van der Waals surface area (Å²) < 4.78 is 9.90. The van der Waals surface area contributed by atoms with Crippen molar-refractivity contribution in [1.82, 2.24) is 0 Å². The van der Waals surface area contributed by atoms with Crippen molar-refractivity contribution in [3.05, 3.63) is 56.1 Å². The molecule has 0 aliphatic heterocycles. The van der Waals surface area contributed by atoms with E-state index in [0.29, 0.717) is 15.9 Å².